The fourth-order valence-electron chi connectivity index (χ4n) is 4.82. The Morgan fingerprint density at radius 2 is 2.25 bits per heavy atom. The Hall–Kier alpha value is -1.97. The summed E-state index contributed by atoms with van der Waals surface area (Å²) in [5, 5.41) is 4.21. The van der Waals surface area contributed by atoms with E-state index < -0.39 is 0 Å². The molecule has 4 rings (SSSR count). The zero-order valence-corrected chi connectivity index (χ0v) is 14.4. The van der Waals surface area contributed by atoms with Crippen molar-refractivity contribution in [3.8, 4) is 5.75 Å². The van der Waals surface area contributed by atoms with Crippen LogP contribution >= 0.6 is 0 Å². The SMILES string of the molecule is COc1ccc2c(CC(=O)NC(C)C3CC4CCC3C4)coc2c1. The second-order valence-corrected chi connectivity index (χ2v) is 7.49. The topological polar surface area (TPSA) is 51.5 Å². The Bertz CT molecular complexity index is 750. The third-order valence-corrected chi connectivity index (χ3v) is 6.04. The van der Waals surface area contributed by atoms with Gasteiger partial charge in [0.15, 0.2) is 0 Å². The molecular formula is C20H25NO3. The van der Waals surface area contributed by atoms with Crippen molar-refractivity contribution in [2.75, 3.05) is 7.11 Å². The summed E-state index contributed by atoms with van der Waals surface area (Å²) in [4.78, 5) is 12.5. The third-order valence-electron chi connectivity index (χ3n) is 6.04. The van der Waals surface area contributed by atoms with Crippen LogP contribution in [0.4, 0.5) is 0 Å². The van der Waals surface area contributed by atoms with Gasteiger partial charge in [0.25, 0.3) is 0 Å². The van der Waals surface area contributed by atoms with Gasteiger partial charge in [-0.1, -0.05) is 6.42 Å². The van der Waals surface area contributed by atoms with Gasteiger partial charge in [-0.25, -0.2) is 0 Å². The number of hydrogen-bond donors (Lipinski definition) is 1. The van der Waals surface area contributed by atoms with E-state index in [2.05, 4.69) is 12.2 Å². The average molecular weight is 327 g/mol. The van der Waals surface area contributed by atoms with E-state index in [4.69, 9.17) is 9.15 Å². The van der Waals surface area contributed by atoms with Crippen LogP contribution in [0, 0.1) is 17.8 Å². The van der Waals surface area contributed by atoms with Crippen LogP contribution in [-0.2, 0) is 11.2 Å². The fourth-order valence-corrected chi connectivity index (χ4v) is 4.82. The highest BCUT2D eigenvalue weighted by Gasteiger charge is 2.42. The van der Waals surface area contributed by atoms with E-state index in [-0.39, 0.29) is 11.9 Å². The van der Waals surface area contributed by atoms with Crippen molar-refractivity contribution in [3.63, 3.8) is 0 Å². The minimum Gasteiger partial charge on any atom is -0.497 e. The smallest absolute Gasteiger partial charge is 0.224 e. The van der Waals surface area contributed by atoms with Crippen LogP contribution in [0.15, 0.2) is 28.9 Å². The maximum Gasteiger partial charge on any atom is 0.224 e. The number of methoxy groups -OCH3 is 1. The molecule has 1 heterocycles. The molecule has 2 aliphatic carbocycles. The van der Waals surface area contributed by atoms with Gasteiger partial charge in [-0.2, -0.15) is 0 Å². The van der Waals surface area contributed by atoms with E-state index in [1.54, 1.807) is 13.4 Å². The number of fused-ring (bicyclic) bond motifs is 3. The number of benzene rings is 1. The summed E-state index contributed by atoms with van der Waals surface area (Å²) in [6.07, 6.45) is 7.46. The summed E-state index contributed by atoms with van der Waals surface area (Å²) in [5.41, 5.74) is 1.70. The lowest BCUT2D eigenvalue weighted by atomic mass is 9.84. The van der Waals surface area contributed by atoms with Crippen molar-refractivity contribution in [2.45, 2.75) is 45.1 Å². The van der Waals surface area contributed by atoms with Crippen molar-refractivity contribution in [1.29, 1.82) is 0 Å². The molecule has 4 atom stereocenters. The first-order chi connectivity index (χ1) is 11.6. The van der Waals surface area contributed by atoms with Crippen molar-refractivity contribution < 1.29 is 13.9 Å². The summed E-state index contributed by atoms with van der Waals surface area (Å²) in [7, 11) is 1.63. The van der Waals surface area contributed by atoms with Gasteiger partial charge in [0.1, 0.15) is 11.3 Å². The normalized spacial score (nSPS) is 26.7. The first kappa shape index (κ1) is 15.6. The molecule has 4 unspecified atom stereocenters. The summed E-state index contributed by atoms with van der Waals surface area (Å²) in [5.74, 6) is 3.25. The zero-order chi connectivity index (χ0) is 16.7. The minimum absolute atomic E-state index is 0.0868. The Morgan fingerprint density at radius 1 is 1.38 bits per heavy atom. The van der Waals surface area contributed by atoms with Crippen LogP contribution in [-0.4, -0.2) is 19.1 Å². The zero-order valence-electron chi connectivity index (χ0n) is 14.4. The molecule has 2 aliphatic rings. The molecule has 2 aromatic rings. The van der Waals surface area contributed by atoms with Crippen LogP contribution in [0.3, 0.4) is 0 Å². The lowest BCUT2D eigenvalue weighted by Crippen LogP contribution is -2.40. The Labute approximate surface area is 142 Å². The number of ether oxygens (including phenoxy) is 1. The molecule has 1 N–H and O–H groups in total. The minimum atomic E-state index is 0.0868. The molecule has 1 aromatic carbocycles. The van der Waals surface area contributed by atoms with Gasteiger partial charge in [-0.15, -0.1) is 0 Å². The summed E-state index contributed by atoms with van der Waals surface area (Å²) < 4.78 is 10.8. The first-order valence-electron chi connectivity index (χ1n) is 8.97. The first-order valence-corrected chi connectivity index (χ1v) is 8.97. The van der Waals surface area contributed by atoms with Crippen molar-refractivity contribution in [3.05, 3.63) is 30.0 Å². The van der Waals surface area contributed by atoms with Crippen molar-refractivity contribution >= 4 is 16.9 Å². The van der Waals surface area contributed by atoms with E-state index in [1.165, 1.54) is 25.7 Å². The maximum atomic E-state index is 12.5. The molecule has 0 radical (unpaired) electrons. The average Bonchev–Trinajstić information content (AvgIpc) is 3.30. The molecular weight excluding hydrogens is 302 g/mol. The van der Waals surface area contributed by atoms with Crippen LogP contribution in [0.25, 0.3) is 11.0 Å². The van der Waals surface area contributed by atoms with E-state index in [1.807, 2.05) is 18.2 Å². The van der Waals surface area contributed by atoms with E-state index in [0.717, 1.165) is 34.1 Å². The predicted octanol–water partition coefficient (Wildman–Crippen LogP) is 3.92. The third kappa shape index (κ3) is 2.79. The van der Waals surface area contributed by atoms with Crippen molar-refractivity contribution in [1.82, 2.24) is 5.32 Å². The highest BCUT2D eigenvalue weighted by molar-refractivity contribution is 5.88. The number of furan rings is 1. The molecule has 2 bridgehead atoms. The Kier molecular flexibility index (Phi) is 3.99. The molecule has 1 aromatic heterocycles. The molecule has 0 aliphatic heterocycles. The Balaban J connectivity index is 1.41. The van der Waals surface area contributed by atoms with E-state index in [0.29, 0.717) is 12.3 Å². The number of carbonyl (C=O) groups is 1. The van der Waals surface area contributed by atoms with Gasteiger partial charge in [0.05, 0.1) is 19.8 Å². The fraction of sp³-hybridized carbons (Fsp3) is 0.550. The summed E-state index contributed by atoms with van der Waals surface area (Å²) in [6.45, 7) is 2.17. The molecule has 4 nitrogen and oxygen atoms in total. The lowest BCUT2D eigenvalue weighted by molar-refractivity contribution is -0.121. The molecule has 0 saturated heterocycles. The van der Waals surface area contributed by atoms with Crippen molar-refractivity contribution in [2.24, 2.45) is 17.8 Å². The molecule has 24 heavy (non-hydrogen) atoms. The number of rotatable bonds is 5. The van der Waals surface area contributed by atoms with Gasteiger partial charge >= 0.3 is 0 Å². The second kappa shape index (κ2) is 6.15. The monoisotopic (exact) mass is 327 g/mol. The van der Waals surface area contributed by atoms with Gasteiger partial charge < -0.3 is 14.5 Å². The van der Waals surface area contributed by atoms with E-state index in [9.17, 15) is 4.79 Å². The van der Waals surface area contributed by atoms with Crippen LogP contribution in [0.5, 0.6) is 5.75 Å². The van der Waals surface area contributed by atoms with Gasteiger partial charge in [-0.3, -0.25) is 4.79 Å². The van der Waals surface area contributed by atoms with Gasteiger partial charge in [-0.05, 0) is 56.1 Å². The number of carbonyl (C=O) groups excluding carboxylic acids is 1. The number of nitrogens with one attached hydrogen (secondary N) is 1. The largest absolute Gasteiger partial charge is 0.497 e. The van der Waals surface area contributed by atoms with Gasteiger partial charge in [0, 0.05) is 23.1 Å². The molecule has 0 spiro atoms. The molecule has 2 fully saturated rings. The van der Waals surface area contributed by atoms with Gasteiger partial charge in [0.2, 0.25) is 5.91 Å². The molecule has 128 valence electrons. The number of amides is 1. The lowest BCUT2D eigenvalue weighted by Gasteiger charge is -2.28. The van der Waals surface area contributed by atoms with Crippen LogP contribution in [0.1, 0.15) is 38.2 Å². The molecule has 2 saturated carbocycles. The Morgan fingerprint density at radius 3 is 2.96 bits per heavy atom. The van der Waals surface area contributed by atoms with Crippen LogP contribution < -0.4 is 10.1 Å². The summed E-state index contributed by atoms with van der Waals surface area (Å²) in [6, 6.07) is 5.98. The number of hydrogen-bond acceptors (Lipinski definition) is 3. The predicted molar refractivity (Wildman–Crippen MR) is 93.0 cm³/mol. The highest BCUT2D eigenvalue weighted by atomic mass is 16.5. The van der Waals surface area contributed by atoms with Crippen LogP contribution in [0.2, 0.25) is 0 Å². The second-order valence-electron chi connectivity index (χ2n) is 7.49. The standard InChI is InChI=1S/C20H25NO3/c1-12(18-8-13-3-4-14(18)7-13)21-20(22)9-15-11-24-19-10-16(23-2)5-6-17(15)19/h5-6,10-14,18H,3-4,7-9H2,1-2H3,(H,21,22). The quantitative estimate of drug-likeness (QED) is 0.905. The highest BCUT2D eigenvalue weighted by Crippen LogP contribution is 2.49. The summed E-state index contributed by atoms with van der Waals surface area (Å²) >= 11 is 0. The van der Waals surface area contributed by atoms with E-state index >= 15 is 0 Å². The molecule has 1 amide bonds. The molecule has 4 heteroatoms. The maximum absolute atomic E-state index is 12.5.